The summed E-state index contributed by atoms with van der Waals surface area (Å²) in [7, 11) is -5.21. The molecule has 0 fully saturated rings. The quantitative estimate of drug-likeness (QED) is 0.467. The predicted octanol–water partition coefficient (Wildman–Crippen LogP) is 3.63. The first-order valence-electron chi connectivity index (χ1n) is 3.70. The molecule has 0 heterocycles. The molecule has 5 heteroatoms. The molecule has 11 heavy (non-hydrogen) atoms. The Labute approximate surface area is 65.6 Å². The highest BCUT2D eigenvalue weighted by Crippen LogP contribution is 2.50. The number of rotatable bonds is 6. The zero-order valence-electron chi connectivity index (χ0n) is 6.56. The highest BCUT2D eigenvalue weighted by molar-refractivity contribution is 7.47. The van der Waals surface area contributed by atoms with E-state index in [9.17, 15) is 13.0 Å². The lowest BCUT2D eigenvalue weighted by atomic mass is 10.2. The maximum absolute atomic E-state index is 11.6. The average molecular weight is 186 g/mol. The van der Waals surface area contributed by atoms with Crippen LogP contribution in [0.25, 0.3) is 0 Å². The van der Waals surface area contributed by atoms with Crippen molar-refractivity contribution in [3.63, 3.8) is 0 Å². The maximum atomic E-state index is 11.6. The first kappa shape index (κ1) is 11.1. The Morgan fingerprint density at radius 1 is 1.27 bits per heavy atom. The number of halogens is 2. The molecule has 0 bridgehead atoms. The largest absolute Gasteiger partial charge is 0.551 e. The summed E-state index contributed by atoms with van der Waals surface area (Å²) in [6.07, 6.45) is 3.47. The minimum absolute atomic E-state index is 0.0930. The molecule has 68 valence electrons. The van der Waals surface area contributed by atoms with E-state index in [1.54, 1.807) is 0 Å². The standard InChI is InChI=1S/C6H13F2O2P/c1-2-3-4-5-6-10-11(7,8)9/h2-6H2,1H3. The van der Waals surface area contributed by atoms with Crippen molar-refractivity contribution in [2.75, 3.05) is 6.61 Å². The molecule has 0 N–H and O–H groups in total. The predicted molar refractivity (Wildman–Crippen MR) is 39.9 cm³/mol. The van der Waals surface area contributed by atoms with Crippen LogP contribution in [-0.4, -0.2) is 6.61 Å². The van der Waals surface area contributed by atoms with Gasteiger partial charge in [0, 0.05) is 0 Å². The second-order valence-corrected chi connectivity index (χ2v) is 3.40. The van der Waals surface area contributed by atoms with Crippen LogP contribution in [-0.2, 0) is 9.09 Å². The second-order valence-electron chi connectivity index (χ2n) is 2.31. The number of hydrogen-bond donors (Lipinski definition) is 0. The van der Waals surface area contributed by atoms with E-state index in [2.05, 4.69) is 4.52 Å². The van der Waals surface area contributed by atoms with Gasteiger partial charge in [-0.2, -0.15) is 0 Å². The van der Waals surface area contributed by atoms with Crippen LogP contribution in [0.1, 0.15) is 32.6 Å². The van der Waals surface area contributed by atoms with Gasteiger partial charge in [0.1, 0.15) is 0 Å². The fraction of sp³-hybridized carbons (Fsp3) is 1.00. The van der Waals surface area contributed by atoms with E-state index in [1.165, 1.54) is 0 Å². The molecular formula is C6H13F2O2P. The molecule has 0 atom stereocenters. The third-order valence-corrected chi connectivity index (χ3v) is 1.72. The second kappa shape index (κ2) is 5.67. The normalized spacial score (nSPS) is 11.9. The van der Waals surface area contributed by atoms with Crippen molar-refractivity contribution in [3.05, 3.63) is 0 Å². The number of unbranched alkanes of at least 4 members (excludes halogenated alkanes) is 3. The summed E-state index contributed by atoms with van der Waals surface area (Å²) in [6, 6.07) is 0. The van der Waals surface area contributed by atoms with Crippen LogP contribution in [0.4, 0.5) is 8.39 Å². The molecule has 0 spiro atoms. The summed E-state index contributed by atoms with van der Waals surface area (Å²) in [5, 5.41) is 0. The third-order valence-electron chi connectivity index (χ3n) is 1.24. The van der Waals surface area contributed by atoms with Gasteiger partial charge in [-0.3, -0.25) is 4.52 Å². The van der Waals surface area contributed by atoms with Crippen LogP contribution in [0.2, 0.25) is 0 Å². The number of hydrogen-bond acceptors (Lipinski definition) is 2. The average Bonchev–Trinajstić information content (AvgIpc) is 1.85. The summed E-state index contributed by atoms with van der Waals surface area (Å²) < 4.78 is 36.6. The molecule has 0 radical (unpaired) electrons. The van der Waals surface area contributed by atoms with Gasteiger partial charge in [-0.05, 0) is 6.42 Å². The van der Waals surface area contributed by atoms with Gasteiger partial charge in [0.05, 0.1) is 6.61 Å². The lowest BCUT2D eigenvalue weighted by molar-refractivity contribution is 0.249. The first-order valence-corrected chi connectivity index (χ1v) is 5.11. The minimum Gasteiger partial charge on any atom is -0.280 e. The molecule has 0 unspecified atom stereocenters. The Hall–Kier alpha value is 0.0500. The van der Waals surface area contributed by atoms with E-state index >= 15 is 0 Å². The Kier molecular flexibility index (Phi) is 5.69. The molecule has 0 saturated carbocycles. The van der Waals surface area contributed by atoms with Gasteiger partial charge in [0.15, 0.2) is 0 Å². The van der Waals surface area contributed by atoms with Crippen molar-refractivity contribution in [2.45, 2.75) is 32.6 Å². The zero-order valence-corrected chi connectivity index (χ0v) is 7.45. The van der Waals surface area contributed by atoms with Crippen LogP contribution in [0.3, 0.4) is 0 Å². The Morgan fingerprint density at radius 2 is 1.91 bits per heavy atom. The van der Waals surface area contributed by atoms with Crippen LogP contribution in [0.5, 0.6) is 0 Å². The van der Waals surface area contributed by atoms with E-state index in [-0.39, 0.29) is 6.61 Å². The molecule has 0 amide bonds. The van der Waals surface area contributed by atoms with Crippen LogP contribution < -0.4 is 0 Å². The summed E-state index contributed by atoms with van der Waals surface area (Å²) in [6.45, 7) is 1.93. The van der Waals surface area contributed by atoms with E-state index in [0.29, 0.717) is 6.42 Å². The van der Waals surface area contributed by atoms with Crippen LogP contribution in [0, 0.1) is 0 Å². The van der Waals surface area contributed by atoms with Gasteiger partial charge < -0.3 is 0 Å². The maximum Gasteiger partial charge on any atom is 0.551 e. The summed E-state index contributed by atoms with van der Waals surface area (Å²) >= 11 is 0. The summed E-state index contributed by atoms with van der Waals surface area (Å²) in [5.41, 5.74) is 0. The van der Waals surface area contributed by atoms with Gasteiger partial charge >= 0.3 is 7.99 Å². The molecule has 0 aromatic heterocycles. The molecule has 2 nitrogen and oxygen atoms in total. The third kappa shape index (κ3) is 10.1. The van der Waals surface area contributed by atoms with Crippen molar-refractivity contribution in [3.8, 4) is 0 Å². The summed E-state index contributed by atoms with van der Waals surface area (Å²) in [5.74, 6) is 0. The topological polar surface area (TPSA) is 26.3 Å². The van der Waals surface area contributed by atoms with E-state index in [0.717, 1.165) is 19.3 Å². The van der Waals surface area contributed by atoms with Crippen molar-refractivity contribution >= 4 is 7.99 Å². The SMILES string of the molecule is CCCCCCOP(=O)(F)F. The fourth-order valence-electron chi connectivity index (χ4n) is 0.700. The van der Waals surface area contributed by atoms with Gasteiger partial charge in [0.25, 0.3) is 0 Å². The minimum atomic E-state index is -5.21. The van der Waals surface area contributed by atoms with E-state index < -0.39 is 7.99 Å². The van der Waals surface area contributed by atoms with E-state index in [1.807, 2.05) is 6.92 Å². The van der Waals surface area contributed by atoms with Gasteiger partial charge in [-0.1, -0.05) is 26.2 Å². The van der Waals surface area contributed by atoms with Gasteiger partial charge in [0.2, 0.25) is 0 Å². The molecule has 0 aliphatic heterocycles. The van der Waals surface area contributed by atoms with Crippen molar-refractivity contribution in [1.82, 2.24) is 0 Å². The van der Waals surface area contributed by atoms with Crippen molar-refractivity contribution in [1.29, 1.82) is 0 Å². The van der Waals surface area contributed by atoms with E-state index in [4.69, 9.17) is 0 Å². The lowest BCUT2D eigenvalue weighted by Crippen LogP contribution is -1.87. The highest BCUT2D eigenvalue weighted by atomic mass is 31.2. The Balaban J connectivity index is 3.09. The Bertz CT molecular complexity index is 135. The molecule has 0 saturated heterocycles. The Morgan fingerprint density at radius 3 is 2.36 bits per heavy atom. The summed E-state index contributed by atoms with van der Waals surface area (Å²) in [4.78, 5) is 0. The molecule has 0 aliphatic carbocycles. The van der Waals surface area contributed by atoms with Crippen molar-refractivity contribution in [2.24, 2.45) is 0 Å². The molecule has 0 rings (SSSR count). The molecule has 0 aromatic carbocycles. The first-order chi connectivity index (χ1) is 5.06. The van der Waals surface area contributed by atoms with Gasteiger partial charge in [-0.25, -0.2) is 4.57 Å². The highest BCUT2D eigenvalue weighted by Gasteiger charge is 2.19. The van der Waals surface area contributed by atoms with Crippen molar-refractivity contribution < 1.29 is 17.5 Å². The van der Waals surface area contributed by atoms with Gasteiger partial charge in [-0.15, -0.1) is 8.39 Å². The zero-order chi connectivity index (χ0) is 8.74. The fourth-order valence-corrected chi connectivity index (χ4v) is 1.04. The van der Waals surface area contributed by atoms with Crippen LogP contribution >= 0.6 is 7.99 Å². The molecule has 0 aliphatic rings. The molecular weight excluding hydrogens is 173 g/mol. The monoisotopic (exact) mass is 186 g/mol. The lowest BCUT2D eigenvalue weighted by Gasteiger charge is -2.00. The smallest absolute Gasteiger partial charge is 0.280 e. The molecule has 0 aromatic rings. The van der Waals surface area contributed by atoms with Crippen LogP contribution in [0.15, 0.2) is 0 Å².